The zero-order valence-corrected chi connectivity index (χ0v) is 17.5. The van der Waals surface area contributed by atoms with Gasteiger partial charge in [0.2, 0.25) is 0 Å². The van der Waals surface area contributed by atoms with Crippen LogP contribution in [0.2, 0.25) is 0 Å². The molecule has 2 aromatic heterocycles. The fourth-order valence-corrected chi connectivity index (χ4v) is 4.36. The van der Waals surface area contributed by atoms with Gasteiger partial charge in [0.15, 0.2) is 6.35 Å². The lowest BCUT2D eigenvalue weighted by Crippen LogP contribution is -2.39. The van der Waals surface area contributed by atoms with E-state index in [-0.39, 0.29) is 17.3 Å². The maximum Gasteiger partial charge on any atom is 0.181 e. The van der Waals surface area contributed by atoms with Crippen molar-refractivity contribution in [2.75, 3.05) is 11.9 Å². The minimum atomic E-state index is -1.29. The predicted molar refractivity (Wildman–Crippen MR) is 117 cm³/mol. The number of hydrogen-bond donors (Lipinski definition) is 4. The van der Waals surface area contributed by atoms with E-state index in [0.29, 0.717) is 23.5 Å². The lowest BCUT2D eigenvalue weighted by Gasteiger charge is -2.21. The van der Waals surface area contributed by atoms with E-state index in [2.05, 4.69) is 25.8 Å². The number of aromatic amines is 1. The molecule has 0 amide bonds. The van der Waals surface area contributed by atoms with E-state index in [4.69, 9.17) is 0 Å². The molecule has 4 aromatic rings. The fraction of sp³-hybridized carbons (Fsp3) is 0.217. The van der Waals surface area contributed by atoms with Crippen molar-refractivity contribution in [1.82, 2.24) is 25.1 Å². The first-order valence-corrected chi connectivity index (χ1v) is 10.2. The van der Waals surface area contributed by atoms with Crippen LogP contribution in [0.15, 0.2) is 48.9 Å². The molecule has 0 aliphatic carbocycles. The van der Waals surface area contributed by atoms with Gasteiger partial charge in [0.25, 0.3) is 0 Å². The zero-order valence-electron chi connectivity index (χ0n) is 17.5. The molecule has 32 heavy (non-hydrogen) atoms. The highest BCUT2D eigenvalue weighted by Crippen LogP contribution is 2.38. The van der Waals surface area contributed by atoms with Crippen LogP contribution in [0.5, 0.6) is 0 Å². The predicted octanol–water partition coefficient (Wildman–Crippen LogP) is 3.72. The van der Waals surface area contributed by atoms with Crippen molar-refractivity contribution in [2.24, 2.45) is 0 Å². The molecule has 0 fully saturated rings. The lowest BCUT2D eigenvalue weighted by molar-refractivity contribution is 0.161. The minimum Gasteiger partial charge on any atom is -0.361 e. The van der Waals surface area contributed by atoms with Crippen molar-refractivity contribution in [3.05, 3.63) is 77.5 Å². The number of nitrogens with one attached hydrogen (secondary N) is 3. The van der Waals surface area contributed by atoms with Gasteiger partial charge in [-0.05, 0) is 25.5 Å². The Morgan fingerprint density at radius 1 is 1.16 bits per heavy atom. The maximum absolute atomic E-state index is 14.8. The van der Waals surface area contributed by atoms with Crippen LogP contribution in [-0.4, -0.2) is 37.8 Å². The molecule has 0 spiro atoms. The molecular formula is C23H22F2N6O. The van der Waals surface area contributed by atoms with Crippen LogP contribution < -0.4 is 10.6 Å². The van der Waals surface area contributed by atoms with E-state index in [0.717, 1.165) is 29.0 Å². The second kappa shape index (κ2) is 7.85. The highest BCUT2D eigenvalue weighted by Gasteiger charge is 2.28. The molecule has 0 saturated carbocycles. The van der Waals surface area contributed by atoms with Gasteiger partial charge in [0, 0.05) is 35.0 Å². The van der Waals surface area contributed by atoms with Gasteiger partial charge < -0.3 is 15.0 Å². The molecule has 4 N–H and O–H groups in total. The Morgan fingerprint density at radius 3 is 2.75 bits per heavy atom. The zero-order chi connectivity index (χ0) is 22.4. The van der Waals surface area contributed by atoms with Gasteiger partial charge in [-0.3, -0.25) is 10.4 Å². The number of benzene rings is 2. The van der Waals surface area contributed by atoms with Crippen LogP contribution in [0.3, 0.4) is 0 Å². The summed E-state index contributed by atoms with van der Waals surface area (Å²) in [5, 5.41) is 22.8. The van der Waals surface area contributed by atoms with Gasteiger partial charge in [0.1, 0.15) is 11.6 Å². The van der Waals surface area contributed by atoms with Gasteiger partial charge in [-0.2, -0.15) is 5.10 Å². The number of fused-ring (bicyclic) bond motifs is 3. The van der Waals surface area contributed by atoms with E-state index in [1.807, 2.05) is 28.8 Å². The first kappa shape index (κ1) is 20.3. The molecule has 0 radical (unpaired) electrons. The molecule has 7 nitrogen and oxygen atoms in total. The summed E-state index contributed by atoms with van der Waals surface area (Å²) in [5.74, 6) is -1.29. The Labute approximate surface area is 183 Å². The van der Waals surface area contributed by atoms with Crippen LogP contribution in [0.1, 0.15) is 23.0 Å². The van der Waals surface area contributed by atoms with Crippen molar-refractivity contribution in [3.8, 4) is 22.4 Å². The Kier molecular flexibility index (Phi) is 4.99. The first-order chi connectivity index (χ1) is 15.4. The molecular weight excluding hydrogens is 414 g/mol. The van der Waals surface area contributed by atoms with Gasteiger partial charge in [-0.25, -0.2) is 13.8 Å². The number of H-pyrrole nitrogens is 1. The van der Waals surface area contributed by atoms with Crippen LogP contribution >= 0.6 is 0 Å². The summed E-state index contributed by atoms with van der Waals surface area (Å²) in [7, 11) is 0. The molecule has 2 unspecified atom stereocenters. The Hall–Kier alpha value is -3.56. The second-order valence-electron chi connectivity index (χ2n) is 7.87. The summed E-state index contributed by atoms with van der Waals surface area (Å²) in [5.41, 5.74) is 4.95. The van der Waals surface area contributed by atoms with Gasteiger partial charge in [-0.1, -0.05) is 24.3 Å². The normalized spacial score (nSPS) is 15.5. The van der Waals surface area contributed by atoms with Gasteiger partial charge in [0.05, 0.1) is 35.6 Å². The molecule has 2 atom stereocenters. The lowest BCUT2D eigenvalue weighted by atomic mass is 10.0. The van der Waals surface area contributed by atoms with Gasteiger partial charge >= 0.3 is 0 Å². The standard InChI is InChI=1S/C23H22F2N6O/c1-12-22(13(2)30-29-12)16-7-18(25)19(8-17(16)24)28-23(32)27-10-21-15-6-4-3-5-14(15)20-9-26-11-31(20)21/h3-9,11,21,23,27-28,32H,10H2,1-2H3,(H,29,30). The second-order valence-corrected chi connectivity index (χ2v) is 7.87. The van der Waals surface area contributed by atoms with E-state index in [9.17, 15) is 13.9 Å². The molecule has 1 aliphatic heterocycles. The summed E-state index contributed by atoms with van der Waals surface area (Å²) in [4.78, 5) is 4.21. The molecule has 9 heteroatoms. The summed E-state index contributed by atoms with van der Waals surface area (Å²) < 4.78 is 31.5. The van der Waals surface area contributed by atoms with Gasteiger partial charge in [-0.15, -0.1) is 0 Å². The number of aryl methyl sites for hydroxylation is 2. The number of nitrogens with zero attached hydrogens (tertiary/aromatic N) is 3. The third kappa shape index (κ3) is 3.35. The topological polar surface area (TPSA) is 90.8 Å². The van der Waals surface area contributed by atoms with Crippen molar-refractivity contribution in [2.45, 2.75) is 26.2 Å². The van der Waals surface area contributed by atoms with E-state index in [1.54, 1.807) is 26.4 Å². The molecule has 0 bridgehead atoms. The molecule has 3 heterocycles. The quantitative estimate of drug-likeness (QED) is 0.346. The average molecular weight is 436 g/mol. The third-order valence-corrected chi connectivity index (χ3v) is 5.85. The summed E-state index contributed by atoms with van der Waals surface area (Å²) in [6.45, 7) is 3.84. The van der Waals surface area contributed by atoms with Crippen molar-refractivity contribution in [3.63, 3.8) is 0 Å². The molecule has 0 saturated heterocycles. The maximum atomic E-state index is 14.8. The molecule has 1 aliphatic rings. The summed E-state index contributed by atoms with van der Waals surface area (Å²) in [6, 6.07) is 10.1. The monoisotopic (exact) mass is 436 g/mol. The SMILES string of the molecule is Cc1n[nH]c(C)c1-c1cc(F)c(NC(O)NCC2c3ccccc3-c3cncn32)cc1F. The number of aromatic nitrogens is 4. The average Bonchev–Trinajstić information content (AvgIpc) is 3.44. The number of imidazole rings is 1. The number of halogens is 2. The van der Waals surface area contributed by atoms with Crippen LogP contribution in [-0.2, 0) is 0 Å². The first-order valence-electron chi connectivity index (χ1n) is 10.2. The number of hydrogen-bond acceptors (Lipinski definition) is 5. The van der Waals surface area contributed by atoms with Crippen LogP contribution in [0, 0.1) is 25.5 Å². The third-order valence-electron chi connectivity index (χ3n) is 5.85. The number of rotatable bonds is 6. The van der Waals surface area contributed by atoms with Crippen LogP contribution in [0.25, 0.3) is 22.4 Å². The molecule has 2 aromatic carbocycles. The van der Waals surface area contributed by atoms with E-state index >= 15 is 0 Å². The smallest absolute Gasteiger partial charge is 0.181 e. The fourth-order valence-electron chi connectivity index (χ4n) is 4.36. The Balaban J connectivity index is 1.31. The van der Waals surface area contributed by atoms with E-state index in [1.165, 1.54) is 0 Å². The van der Waals surface area contributed by atoms with Crippen LogP contribution in [0.4, 0.5) is 14.5 Å². The Bertz CT molecular complexity index is 1280. The number of aliphatic hydroxyl groups excluding tert-OH is 1. The number of aliphatic hydroxyl groups is 1. The summed E-state index contributed by atoms with van der Waals surface area (Å²) in [6.07, 6.45) is 2.26. The highest BCUT2D eigenvalue weighted by atomic mass is 19.1. The summed E-state index contributed by atoms with van der Waals surface area (Å²) >= 11 is 0. The van der Waals surface area contributed by atoms with Crippen molar-refractivity contribution >= 4 is 5.69 Å². The van der Waals surface area contributed by atoms with Crippen molar-refractivity contribution < 1.29 is 13.9 Å². The number of anilines is 1. The molecule has 164 valence electrons. The highest BCUT2D eigenvalue weighted by molar-refractivity contribution is 5.71. The minimum absolute atomic E-state index is 0.0730. The van der Waals surface area contributed by atoms with Crippen molar-refractivity contribution in [1.29, 1.82) is 0 Å². The Morgan fingerprint density at radius 2 is 1.97 bits per heavy atom. The molecule has 5 rings (SSSR count). The van der Waals surface area contributed by atoms with E-state index < -0.39 is 18.0 Å². The largest absolute Gasteiger partial charge is 0.361 e.